The Morgan fingerprint density at radius 3 is 1.77 bits per heavy atom. The van der Waals surface area contributed by atoms with Gasteiger partial charge in [0.1, 0.15) is 0 Å². The molecule has 0 radical (unpaired) electrons. The summed E-state index contributed by atoms with van der Waals surface area (Å²) >= 11 is 0. The van der Waals surface area contributed by atoms with E-state index >= 15 is 0 Å². The molecule has 0 aromatic heterocycles. The summed E-state index contributed by atoms with van der Waals surface area (Å²) in [5, 5.41) is 12.1. The van der Waals surface area contributed by atoms with Crippen LogP contribution in [0.25, 0.3) is 0 Å². The molecule has 0 aliphatic rings. The lowest BCUT2D eigenvalue weighted by atomic mass is 9.79. The molecular formula is C21H41NO4. The van der Waals surface area contributed by atoms with E-state index in [0.29, 0.717) is 6.42 Å². The van der Waals surface area contributed by atoms with Crippen LogP contribution < -0.4 is 5.32 Å². The molecule has 0 aliphatic carbocycles. The summed E-state index contributed by atoms with van der Waals surface area (Å²) in [5.41, 5.74) is -0.884. The van der Waals surface area contributed by atoms with Crippen LogP contribution in [-0.4, -0.2) is 35.2 Å². The van der Waals surface area contributed by atoms with E-state index in [1.807, 2.05) is 27.7 Å². The number of ether oxygens (including phenoxy) is 1. The third-order valence-electron chi connectivity index (χ3n) is 4.31. The van der Waals surface area contributed by atoms with Crippen molar-refractivity contribution >= 4 is 11.9 Å². The fourth-order valence-corrected chi connectivity index (χ4v) is 2.97. The van der Waals surface area contributed by atoms with Crippen LogP contribution in [0.5, 0.6) is 0 Å². The van der Waals surface area contributed by atoms with Crippen LogP contribution in [0.2, 0.25) is 0 Å². The number of amides is 1. The molecule has 0 fully saturated rings. The number of hydrogen-bond donors (Lipinski definition) is 2. The molecule has 1 atom stereocenters. The maximum absolute atomic E-state index is 12.6. The van der Waals surface area contributed by atoms with Crippen molar-refractivity contribution in [3.05, 3.63) is 0 Å². The van der Waals surface area contributed by atoms with Gasteiger partial charge in [0, 0.05) is 5.41 Å². The van der Waals surface area contributed by atoms with E-state index in [9.17, 15) is 14.7 Å². The molecule has 154 valence electrons. The Morgan fingerprint density at radius 1 is 0.885 bits per heavy atom. The molecule has 0 aromatic carbocycles. The van der Waals surface area contributed by atoms with Crippen LogP contribution in [0, 0.1) is 16.2 Å². The third kappa shape index (κ3) is 10.8. The molecule has 0 saturated heterocycles. The lowest BCUT2D eigenvalue weighted by molar-refractivity contribution is -0.148. The molecule has 0 rings (SSSR count). The molecule has 0 saturated carbocycles. The number of carboxylic acids is 1. The Kier molecular flexibility index (Phi) is 8.36. The Balaban J connectivity index is 4.87. The molecule has 0 heterocycles. The molecular weight excluding hydrogens is 330 g/mol. The van der Waals surface area contributed by atoms with Gasteiger partial charge in [-0.3, -0.25) is 4.79 Å². The van der Waals surface area contributed by atoms with Crippen molar-refractivity contribution in [3.8, 4) is 0 Å². The van der Waals surface area contributed by atoms with E-state index in [4.69, 9.17) is 4.74 Å². The van der Waals surface area contributed by atoms with Crippen molar-refractivity contribution < 1.29 is 19.4 Å². The van der Waals surface area contributed by atoms with E-state index in [1.54, 1.807) is 0 Å². The highest BCUT2D eigenvalue weighted by molar-refractivity contribution is 5.87. The van der Waals surface area contributed by atoms with Gasteiger partial charge in [-0.2, -0.15) is 0 Å². The highest BCUT2D eigenvalue weighted by atomic mass is 16.5. The quantitative estimate of drug-likeness (QED) is 0.619. The van der Waals surface area contributed by atoms with Gasteiger partial charge in [-0.15, -0.1) is 0 Å². The van der Waals surface area contributed by atoms with E-state index in [0.717, 1.165) is 12.8 Å². The molecule has 1 amide bonds. The maximum atomic E-state index is 12.6. The lowest BCUT2D eigenvalue weighted by Gasteiger charge is -2.34. The molecule has 5 nitrogen and oxygen atoms in total. The third-order valence-corrected chi connectivity index (χ3v) is 4.31. The predicted molar refractivity (Wildman–Crippen MR) is 106 cm³/mol. The molecule has 26 heavy (non-hydrogen) atoms. The van der Waals surface area contributed by atoms with Gasteiger partial charge in [0.25, 0.3) is 0 Å². The smallest absolute Gasteiger partial charge is 0.328 e. The Morgan fingerprint density at radius 2 is 1.38 bits per heavy atom. The van der Waals surface area contributed by atoms with E-state index in [2.05, 4.69) is 46.9 Å². The zero-order chi connectivity index (χ0) is 21.0. The minimum absolute atomic E-state index is 0.0422. The van der Waals surface area contributed by atoms with Gasteiger partial charge in [-0.05, 0) is 43.9 Å². The Labute approximate surface area is 160 Å². The van der Waals surface area contributed by atoms with Crippen molar-refractivity contribution in [2.45, 2.75) is 100 Å². The minimum atomic E-state index is -1.07. The molecule has 0 aliphatic heterocycles. The SMILES string of the molecule is CC(C)(C)CCC(C)(C)C(=O)NC(COC(C)(C)CC(C)(C)C)C(=O)O. The first-order chi connectivity index (χ1) is 11.3. The van der Waals surface area contributed by atoms with Crippen molar-refractivity contribution in [3.63, 3.8) is 0 Å². The fourth-order valence-electron chi connectivity index (χ4n) is 2.97. The zero-order valence-electron chi connectivity index (χ0n) is 18.6. The number of carbonyl (C=O) groups excluding carboxylic acids is 1. The highest BCUT2D eigenvalue weighted by Crippen LogP contribution is 2.31. The van der Waals surface area contributed by atoms with Crippen LogP contribution in [-0.2, 0) is 14.3 Å². The molecule has 0 spiro atoms. The highest BCUT2D eigenvalue weighted by Gasteiger charge is 2.34. The monoisotopic (exact) mass is 371 g/mol. The topological polar surface area (TPSA) is 75.6 Å². The second kappa shape index (κ2) is 8.73. The van der Waals surface area contributed by atoms with Gasteiger partial charge in [-0.1, -0.05) is 55.4 Å². The van der Waals surface area contributed by atoms with Crippen molar-refractivity contribution in [2.75, 3.05) is 6.61 Å². The first-order valence-corrected chi connectivity index (χ1v) is 9.52. The summed E-state index contributed by atoms with van der Waals surface area (Å²) in [6.07, 6.45) is 2.38. The number of aliphatic carboxylic acids is 1. The van der Waals surface area contributed by atoms with E-state index < -0.39 is 23.0 Å². The van der Waals surface area contributed by atoms with E-state index in [-0.39, 0.29) is 23.3 Å². The average Bonchev–Trinajstić information content (AvgIpc) is 2.37. The molecule has 0 aromatic rings. The number of rotatable bonds is 9. The Hall–Kier alpha value is -1.10. The summed E-state index contributed by atoms with van der Waals surface area (Å²) < 4.78 is 5.86. The van der Waals surface area contributed by atoms with Gasteiger partial charge >= 0.3 is 5.97 Å². The van der Waals surface area contributed by atoms with Gasteiger partial charge in [0.05, 0.1) is 12.2 Å². The van der Waals surface area contributed by atoms with Crippen molar-refractivity contribution in [1.82, 2.24) is 5.32 Å². The summed E-state index contributed by atoms with van der Waals surface area (Å²) in [4.78, 5) is 24.2. The number of nitrogens with one attached hydrogen (secondary N) is 1. The standard InChI is InChI=1S/C21H41NO4/c1-18(2,3)11-12-20(7,8)17(25)22-15(16(23)24)13-26-21(9,10)14-19(4,5)6/h15H,11-14H2,1-10H3,(H,22,25)(H,23,24). The molecule has 2 N–H and O–H groups in total. The van der Waals surface area contributed by atoms with Crippen molar-refractivity contribution in [2.24, 2.45) is 16.2 Å². The maximum Gasteiger partial charge on any atom is 0.328 e. The van der Waals surface area contributed by atoms with Crippen molar-refractivity contribution in [1.29, 1.82) is 0 Å². The number of carboxylic acid groups (broad SMARTS) is 1. The first kappa shape index (κ1) is 24.9. The number of hydrogen-bond acceptors (Lipinski definition) is 3. The first-order valence-electron chi connectivity index (χ1n) is 9.52. The lowest BCUT2D eigenvalue weighted by Crippen LogP contribution is -2.50. The number of carbonyl (C=O) groups is 2. The Bertz CT molecular complexity index is 481. The zero-order valence-corrected chi connectivity index (χ0v) is 18.6. The van der Waals surface area contributed by atoms with Crippen LogP contribution >= 0.6 is 0 Å². The normalized spacial score (nSPS) is 14.8. The largest absolute Gasteiger partial charge is 0.480 e. The van der Waals surface area contributed by atoms with E-state index in [1.165, 1.54) is 0 Å². The predicted octanol–water partition coefficient (Wildman–Crippen LogP) is 4.64. The molecule has 0 bridgehead atoms. The molecule has 1 unspecified atom stereocenters. The summed E-state index contributed by atoms with van der Waals surface area (Å²) in [6.45, 7) is 20.3. The second-order valence-electron chi connectivity index (χ2n) is 11.1. The van der Waals surface area contributed by atoms with Gasteiger partial charge in [0.15, 0.2) is 6.04 Å². The van der Waals surface area contributed by atoms with Crippen LogP contribution in [0.15, 0.2) is 0 Å². The molecule has 5 heteroatoms. The summed E-state index contributed by atoms with van der Waals surface area (Å²) in [7, 11) is 0. The van der Waals surface area contributed by atoms with Crippen LogP contribution in [0.3, 0.4) is 0 Å². The summed E-state index contributed by atoms with van der Waals surface area (Å²) in [6, 6.07) is -1.05. The minimum Gasteiger partial charge on any atom is -0.480 e. The van der Waals surface area contributed by atoms with Crippen LogP contribution in [0.4, 0.5) is 0 Å². The van der Waals surface area contributed by atoms with Gasteiger partial charge in [-0.25, -0.2) is 4.79 Å². The summed E-state index contributed by atoms with van der Waals surface area (Å²) in [5.74, 6) is -1.32. The second-order valence-corrected chi connectivity index (χ2v) is 11.1. The average molecular weight is 372 g/mol. The fraction of sp³-hybridized carbons (Fsp3) is 0.905. The van der Waals surface area contributed by atoms with Gasteiger partial charge in [0.2, 0.25) is 5.91 Å². The van der Waals surface area contributed by atoms with Crippen LogP contribution in [0.1, 0.15) is 88.5 Å². The van der Waals surface area contributed by atoms with Gasteiger partial charge < -0.3 is 15.2 Å².